The first-order valence-corrected chi connectivity index (χ1v) is 11.4. The first kappa shape index (κ1) is 24.1. The highest BCUT2D eigenvalue weighted by Crippen LogP contribution is 2.34. The van der Waals surface area contributed by atoms with Crippen molar-refractivity contribution in [2.75, 3.05) is 40.0 Å². The molecule has 0 unspecified atom stereocenters. The van der Waals surface area contributed by atoms with Gasteiger partial charge >= 0.3 is 0 Å². The Hall–Kier alpha value is -1.59. The second kappa shape index (κ2) is 11.9. The van der Waals surface area contributed by atoms with Gasteiger partial charge in [0.2, 0.25) is 0 Å². The number of carbonyl (C=O) groups is 1. The maximum absolute atomic E-state index is 12.0. The van der Waals surface area contributed by atoms with E-state index in [4.69, 9.17) is 37.4 Å². The highest BCUT2D eigenvalue weighted by Gasteiger charge is 2.14. The summed E-state index contributed by atoms with van der Waals surface area (Å²) in [6.07, 6.45) is 1.57. The van der Waals surface area contributed by atoms with Crippen LogP contribution < -0.4 is 14.9 Å². The number of rotatable bonds is 8. The Kier molecular flexibility index (Phi) is 9.21. The molecule has 2 aromatic rings. The molecule has 0 bridgehead atoms. The summed E-state index contributed by atoms with van der Waals surface area (Å²) in [4.78, 5) is 14.1. The smallest absolute Gasteiger partial charge is 0.254 e. The standard InChI is InChI=1S/C21H22Cl2IN3O4/c1-29-19-9-14(11-25-26-20(28)12-27-4-6-30-7-5-27)8-18(24)21(19)31-13-15-2-3-16(22)10-17(15)23/h2-3,8-11H,4-7,12-13H2,1H3,(H,26,28)/b25-11+. The molecule has 3 rings (SSSR count). The van der Waals surface area contributed by atoms with E-state index in [1.165, 1.54) is 0 Å². The average molecular weight is 578 g/mol. The third kappa shape index (κ3) is 7.21. The fourth-order valence-corrected chi connectivity index (χ4v) is 4.16. The lowest BCUT2D eigenvalue weighted by molar-refractivity contribution is -0.123. The number of ether oxygens (including phenoxy) is 3. The summed E-state index contributed by atoms with van der Waals surface area (Å²) in [5.41, 5.74) is 4.14. The van der Waals surface area contributed by atoms with E-state index in [-0.39, 0.29) is 12.5 Å². The van der Waals surface area contributed by atoms with Crippen molar-refractivity contribution in [3.8, 4) is 11.5 Å². The predicted octanol–water partition coefficient (Wildman–Crippen LogP) is 3.97. The van der Waals surface area contributed by atoms with Gasteiger partial charge in [-0.2, -0.15) is 5.10 Å². The Morgan fingerprint density at radius 1 is 1.29 bits per heavy atom. The Bertz CT molecular complexity index is 952. The second-order valence-corrected chi connectivity index (χ2v) is 8.75. The minimum atomic E-state index is -0.167. The number of nitrogens with one attached hydrogen (secondary N) is 1. The molecule has 0 aliphatic carbocycles. The van der Waals surface area contributed by atoms with E-state index in [0.717, 1.165) is 27.8 Å². The summed E-state index contributed by atoms with van der Waals surface area (Å²) in [5, 5.41) is 5.17. The summed E-state index contributed by atoms with van der Waals surface area (Å²) >= 11 is 14.3. The van der Waals surface area contributed by atoms with Crippen LogP contribution in [0.4, 0.5) is 0 Å². The van der Waals surface area contributed by atoms with Gasteiger partial charge in [0.05, 0.1) is 36.7 Å². The fraction of sp³-hybridized carbons (Fsp3) is 0.333. The van der Waals surface area contributed by atoms with Gasteiger partial charge in [0.25, 0.3) is 5.91 Å². The second-order valence-electron chi connectivity index (χ2n) is 6.74. The van der Waals surface area contributed by atoms with Crippen molar-refractivity contribution in [1.82, 2.24) is 10.3 Å². The molecule has 10 heteroatoms. The molecule has 0 saturated carbocycles. The van der Waals surface area contributed by atoms with Crippen molar-refractivity contribution < 1.29 is 19.0 Å². The van der Waals surface area contributed by atoms with E-state index >= 15 is 0 Å². The van der Waals surface area contributed by atoms with Gasteiger partial charge in [0, 0.05) is 28.7 Å². The molecule has 1 saturated heterocycles. The number of nitrogens with zero attached hydrogens (tertiary/aromatic N) is 2. The van der Waals surface area contributed by atoms with E-state index in [2.05, 4.69) is 33.1 Å². The van der Waals surface area contributed by atoms with Crippen LogP contribution >= 0.6 is 45.8 Å². The van der Waals surface area contributed by atoms with Crippen LogP contribution in [0.5, 0.6) is 11.5 Å². The number of methoxy groups -OCH3 is 1. The molecular weight excluding hydrogens is 556 g/mol. The zero-order chi connectivity index (χ0) is 22.2. The zero-order valence-corrected chi connectivity index (χ0v) is 20.5. The number of hydrogen-bond donors (Lipinski definition) is 1. The first-order chi connectivity index (χ1) is 15.0. The molecule has 1 aliphatic heterocycles. The van der Waals surface area contributed by atoms with Crippen molar-refractivity contribution in [3.05, 3.63) is 55.1 Å². The largest absolute Gasteiger partial charge is 0.493 e. The molecule has 7 nitrogen and oxygen atoms in total. The molecule has 2 aromatic carbocycles. The van der Waals surface area contributed by atoms with Gasteiger partial charge in [0.15, 0.2) is 11.5 Å². The molecule has 1 amide bonds. The van der Waals surface area contributed by atoms with Gasteiger partial charge in [-0.15, -0.1) is 0 Å². The molecule has 0 atom stereocenters. The summed E-state index contributed by atoms with van der Waals surface area (Å²) in [6.45, 7) is 3.35. The summed E-state index contributed by atoms with van der Waals surface area (Å²) in [6, 6.07) is 8.95. The molecule has 1 heterocycles. The SMILES string of the molecule is COc1cc(/C=N/NC(=O)CN2CCOCC2)cc(I)c1OCc1ccc(Cl)cc1Cl. The minimum absolute atomic E-state index is 0.167. The molecule has 0 spiro atoms. The molecule has 1 fully saturated rings. The lowest BCUT2D eigenvalue weighted by Crippen LogP contribution is -2.42. The normalized spacial score (nSPS) is 14.6. The van der Waals surface area contributed by atoms with Gasteiger partial charge in [-0.25, -0.2) is 5.43 Å². The van der Waals surface area contributed by atoms with Gasteiger partial charge in [-0.3, -0.25) is 9.69 Å². The van der Waals surface area contributed by atoms with Crippen LogP contribution in [0, 0.1) is 3.57 Å². The van der Waals surface area contributed by atoms with Crippen molar-refractivity contribution in [2.45, 2.75) is 6.61 Å². The van der Waals surface area contributed by atoms with Crippen LogP contribution in [0.25, 0.3) is 0 Å². The number of amides is 1. The van der Waals surface area contributed by atoms with Crippen molar-refractivity contribution in [3.63, 3.8) is 0 Å². The topological polar surface area (TPSA) is 72.4 Å². The molecule has 31 heavy (non-hydrogen) atoms. The number of carbonyl (C=O) groups excluding carboxylic acids is 1. The Morgan fingerprint density at radius 3 is 2.77 bits per heavy atom. The van der Waals surface area contributed by atoms with Crippen LogP contribution in [0.2, 0.25) is 10.0 Å². The summed E-state index contributed by atoms with van der Waals surface area (Å²) in [5.74, 6) is 0.986. The van der Waals surface area contributed by atoms with Crippen LogP contribution in [-0.4, -0.2) is 57.0 Å². The van der Waals surface area contributed by atoms with Gasteiger partial charge in [-0.05, 0) is 52.4 Å². The molecule has 166 valence electrons. The maximum atomic E-state index is 12.0. The first-order valence-electron chi connectivity index (χ1n) is 9.52. The van der Waals surface area contributed by atoms with Crippen molar-refractivity contribution >= 4 is 57.9 Å². The Balaban J connectivity index is 1.61. The Morgan fingerprint density at radius 2 is 2.06 bits per heavy atom. The predicted molar refractivity (Wildman–Crippen MR) is 130 cm³/mol. The lowest BCUT2D eigenvalue weighted by atomic mass is 10.2. The number of hydrazone groups is 1. The maximum Gasteiger partial charge on any atom is 0.254 e. The van der Waals surface area contributed by atoms with E-state index in [9.17, 15) is 4.79 Å². The number of benzene rings is 2. The van der Waals surface area contributed by atoms with Crippen LogP contribution in [0.15, 0.2) is 35.4 Å². The molecule has 1 N–H and O–H groups in total. The third-order valence-electron chi connectivity index (χ3n) is 4.51. The highest BCUT2D eigenvalue weighted by atomic mass is 127. The van der Waals surface area contributed by atoms with E-state index < -0.39 is 0 Å². The zero-order valence-electron chi connectivity index (χ0n) is 16.9. The third-order valence-corrected chi connectivity index (χ3v) is 5.90. The quantitative estimate of drug-likeness (QED) is 0.292. The minimum Gasteiger partial charge on any atom is -0.493 e. The number of hydrogen-bond acceptors (Lipinski definition) is 6. The van der Waals surface area contributed by atoms with Crippen LogP contribution in [-0.2, 0) is 16.1 Å². The molecular formula is C21H22Cl2IN3O4. The van der Waals surface area contributed by atoms with E-state index in [0.29, 0.717) is 41.3 Å². The monoisotopic (exact) mass is 577 g/mol. The van der Waals surface area contributed by atoms with Crippen molar-refractivity contribution in [1.29, 1.82) is 0 Å². The number of morpholine rings is 1. The average Bonchev–Trinajstić information content (AvgIpc) is 2.74. The fourth-order valence-electron chi connectivity index (χ4n) is 2.92. The van der Waals surface area contributed by atoms with E-state index in [1.54, 1.807) is 31.5 Å². The summed E-state index contributed by atoms with van der Waals surface area (Å²) in [7, 11) is 1.57. The Labute approximate surface area is 204 Å². The van der Waals surface area contributed by atoms with Crippen molar-refractivity contribution in [2.24, 2.45) is 5.10 Å². The van der Waals surface area contributed by atoms with Gasteiger partial charge < -0.3 is 14.2 Å². The molecule has 0 radical (unpaired) electrons. The molecule has 0 aromatic heterocycles. The van der Waals surface area contributed by atoms with Gasteiger partial charge in [0.1, 0.15) is 6.61 Å². The van der Waals surface area contributed by atoms with Crippen LogP contribution in [0.3, 0.4) is 0 Å². The van der Waals surface area contributed by atoms with Gasteiger partial charge in [-0.1, -0.05) is 29.3 Å². The highest BCUT2D eigenvalue weighted by molar-refractivity contribution is 14.1. The summed E-state index contributed by atoms with van der Waals surface area (Å²) < 4.78 is 17.6. The van der Waals surface area contributed by atoms with E-state index in [1.807, 2.05) is 17.0 Å². The number of halogens is 3. The molecule has 1 aliphatic rings. The van der Waals surface area contributed by atoms with Crippen LogP contribution in [0.1, 0.15) is 11.1 Å². The lowest BCUT2D eigenvalue weighted by Gasteiger charge is -2.25.